The maximum absolute atomic E-state index is 11.8. The van der Waals surface area contributed by atoms with Crippen molar-refractivity contribution in [1.82, 2.24) is 0 Å². The van der Waals surface area contributed by atoms with Crippen molar-refractivity contribution in [3.05, 3.63) is 59.2 Å². The van der Waals surface area contributed by atoms with E-state index in [1.54, 1.807) is 18.2 Å². The molecule has 1 heterocycles. The standard InChI is InChI=1S/C23H26O5/c1-17(25)22-9-6-19(16-24)15-23(22)28-21-7-4-18(5-8-21)3-2-12-27-20-10-13-26-14-11-20/h4-9,15-16,20H,2-3,10-14H2,1H3. The zero-order valence-corrected chi connectivity index (χ0v) is 16.2. The fourth-order valence-electron chi connectivity index (χ4n) is 3.21. The molecule has 2 aromatic rings. The van der Waals surface area contributed by atoms with Gasteiger partial charge in [-0.15, -0.1) is 0 Å². The quantitative estimate of drug-likeness (QED) is 0.360. The molecule has 148 valence electrons. The van der Waals surface area contributed by atoms with Crippen LogP contribution >= 0.6 is 0 Å². The van der Waals surface area contributed by atoms with Gasteiger partial charge >= 0.3 is 0 Å². The molecule has 0 unspecified atom stereocenters. The number of aldehydes is 1. The second-order valence-corrected chi connectivity index (χ2v) is 6.96. The van der Waals surface area contributed by atoms with Gasteiger partial charge in [0.25, 0.3) is 0 Å². The van der Waals surface area contributed by atoms with Crippen molar-refractivity contribution < 1.29 is 23.8 Å². The Balaban J connectivity index is 1.53. The molecule has 0 amide bonds. The Morgan fingerprint density at radius 3 is 2.57 bits per heavy atom. The van der Waals surface area contributed by atoms with Gasteiger partial charge in [0.05, 0.1) is 11.7 Å². The molecule has 0 N–H and O–H groups in total. The van der Waals surface area contributed by atoms with Gasteiger partial charge in [-0.3, -0.25) is 9.59 Å². The Morgan fingerprint density at radius 2 is 1.89 bits per heavy atom. The molecule has 0 radical (unpaired) electrons. The second-order valence-electron chi connectivity index (χ2n) is 6.96. The molecule has 0 saturated carbocycles. The van der Waals surface area contributed by atoms with Gasteiger partial charge in [-0.05, 0) is 62.4 Å². The van der Waals surface area contributed by atoms with Crippen LogP contribution in [0, 0.1) is 0 Å². The Labute approximate surface area is 165 Å². The smallest absolute Gasteiger partial charge is 0.163 e. The van der Waals surface area contributed by atoms with E-state index in [0.29, 0.717) is 28.7 Å². The number of carbonyl (C=O) groups is 2. The summed E-state index contributed by atoms with van der Waals surface area (Å²) in [7, 11) is 0. The van der Waals surface area contributed by atoms with Crippen LogP contribution in [-0.4, -0.2) is 38.0 Å². The topological polar surface area (TPSA) is 61.8 Å². The first-order valence-electron chi connectivity index (χ1n) is 9.72. The second kappa shape index (κ2) is 10.2. The van der Waals surface area contributed by atoms with Gasteiger partial charge in [-0.2, -0.15) is 0 Å². The zero-order valence-electron chi connectivity index (χ0n) is 16.2. The fourth-order valence-corrected chi connectivity index (χ4v) is 3.21. The molecule has 1 aliphatic rings. The van der Waals surface area contributed by atoms with E-state index < -0.39 is 0 Å². The molecule has 28 heavy (non-hydrogen) atoms. The number of carbonyl (C=O) groups excluding carboxylic acids is 2. The molecule has 0 spiro atoms. The molecule has 5 nitrogen and oxygen atoms in total. The van der Waals surface area contributed by atoms with Crippen molar-refractivity contribution in [3.8, 4) is 11.5 Å². The molecule has 0 bridgehead atoms. The number of hydrogen-bond donors (Lipinski definition) is 0. The van der Waals surface area contributed by atoms with Crippen LogP contribution in [0.25, 0.3) is 0 Å². The minimum Gasteiger partial charge on any atom is -0.457 e. The summed E-state index contributed by atoms with van der Waals surface area (Å²) in [5.74, 6) is 0.927. The number of hydrogen-bond acceptors (Lipinski definition) is 5. The number of Topliss-reactive ketones (excluding diaryl/α,β-unsaturated/α-hetero) is 1. The lowest BCUT2D eigenvalue weighted by Gasteiger charge is -2.22. The number of ketones is 1. The van der Waals surface area contributed by atoms with Crippen molar-refractivity contribution in [1.29, 1.82) is 0 Å². The summed E-state index contributed by atoms with van der Waals surface area (Å²) in [6, 6.07) is 12.6. The molecule has 1 aliphatic heterocycles. The van der Waals surface area contributed by atoms with Crippen molar-refractivity contribution in [3.63, 3.8) is 0 Å². The highest BCUT2D eigenvalue weighted by molar-refractivity contribution is 5.97. The lowest BCUT2D eigenvalue weighted by molar-refractivity contribution is -0.0322. The average molecular weight is 382 g/mol. The van der Waals surface area contributed by atoms with Crippen LogP contribution in [0.3, 0.4) is 0 Å². The van der Waals surface area contributed by atoms with Gasteiger partial charge in [-0.25, -0.2) is 0 Å². The van der Waals surface area contributed by atoms with E-state index in [1.165, 1.54) is 12.5 Å². The van der Waals surface area contributed by atoms with Crippen LogP contribution in [-0.2, 0) is 15.9 Å². The summed E-state index contributed by atoms with van der Waals surface area (Å²) in [5.41, 5.74) is 2.14. The Bertz CT molecular complexity index is 791. The van der Waals surface area contributed by atoms with E-state index in [0.717, 1.165) is 51.8 Å². The molecule has 1 saturated heterocycles. The molecule has 0 atom stereocenters. The summed E-state index contributed by atoms with van der Waals surface area (Å²) in [6.07, 6.45) is 4.94. The van der Waals surface area contributed by atoms with Crippen LogP contribution in [0.5, 0.6) is 11.5 Å². The molecule has 5 heteroatoms. The molecular formula is C23H26O5. The number of benzene rings is 2. The van der Waals surface area contributed by atoms with Crippen molar-refractivity contribution >= 4 is 12.1 Å². The van der Waals surface area contributed by atoms with Crippen LogP contribution in [0.2, 0.25) is 0 Å². The summed E-state index contributed by atoms with van der Waals surface area (Å²) in [4.78, 5) is 22.8. The molecule has 0 aromatic heterocycles. The normalized spacial score (nSPS) is 14.6. The highest BCUT2D eigenvalue weighted by Crippen LogP contribution is 2.27. The first-order chi connectivity index (χ1) is 13.7. The minimum atomic E-state index is -0.103. The van der Waals surface area contributed by atoms with Gasteiger partial charge in [0.1, 0.15) is 17.8 Å². The summed E-state index contributed by atoms with van der Waals surface area (Å²) < 4.78 is 17.1. The average Bonchev–Trinajstić information content (AvgIpc) is 2.73. The van der Waals surface area contributed by atoms with Gasteiger partial charge in [-0.1, -0.05) is 18.2 Å². The highest BCUT2D eigenvalue weighted by Gasteiger charge is 2.13. The van der Waals surface area contributed by atoms with Gasteiger partial charge in [0.2, 0.25) is 0 Å². The summed E-state index contributed by atoms with van der Waals surface area (Å²) in [5, 5.41) is 0. The zero-order chi connectivity index (χ0) is 19.8. The Hall–Kier alpha value is -2.50. The van der Waals surface area contributed by atoms with Gasteiger partial charge in [0.15, 0.2) is 5.78 Å². The van der Waals surface area contributed by atoms with Gasteiger partial charge < -0.3 is 14.2 Å². The van der Waals surface area contributed by atoms with Crippen LogP contribution < -0.4 is 4.74 Å². The highest BCUT2D eigenvalue weighted by atomic mass is 16.5. The molecule has 1 fully saturated rings. The van der Waals surface area contributed by atoms with E-state index >= 15 is 0 Å². The van der Waals surface area contributed by atoms with E-state index in [4.69, 9.17) is 14.2 Å². The lowest BCUT2D eigenvalue weighted by Crippen LogP contribution is -2.23. The van der Waals surface area contributed by atoms with Crippen molar-refractivity contribution in [2.45, 2.75) is 38.7 Å². The van der Waals surface area contributed by atoms with E-state index in [9.17, 15) is 9.59 Å². The predicted octanol–water partition coefficient (Wildman–Crippen LogP) is 4.62. The number of ether oxygens (including phenoxy) is 3. The number of aryl methyl sites for hydroxylation is 1. The molecule has 3 rings (SSSR count). The lowest BCUT2D eigenvalue weighted by atomic mass is 10.1. The largest absolute Gasteiger partial charge is 0.457 e. The minimum absolute atomic E-state index is 0.103. The maximum atomic E-state index is 11.8. The monoisotopic (exact) mass is 382 g/mol. The Morgan fingerprint density at radius 1 is 1.14 bits per heavy atom. The first-order valence-corrected chi connectivity index (χ1v) is 9.72. The maximum Gasteiger partial charge on any atom is 0.163 e. The number of rotatable bonds is 9. The third kappa shape index (κ3) is 5.75. The molecule has 0 aliphatic carbocycles. The SMILES string of the molecule is CC(=O)c1ccc(C=O)cc1Oc1ccc(CCCOC2CCOCC2)cc1. The fraction of sp³-hybridized carbons (Fsp3) is 0.391. The summed E-state index contributed by atoms with van der Waals surface area (Å²) in [6.45, 7) is 3.83. The molecular weight excluding hydrogens is 356 g/mol. The van der Waals surface area contributed by atoms with E-state index in [1.807, 2.05) is 24.3 Å². The van der Waals surface area contributed by atoms with Crippen LogP contribution in [0.4, 0.5) is 0 Å². The van der Waals surface area contributed by atoms with Crippen LogP contribution in [0.15, 0.2) is 42.5 Å². The van der Waals surface area contributed by atoms with Crippen LogP contribution in [0.1, 0.15) is 52.5 Å². The third-order valence-corrected chi connectivity index (χ3v) is 4.80. The van der Waals surface area contributed by atoms with Gasteiger partial charge in [0, 0.05) is 25.4 Å². The summed E-state index contributed by atoms with van der Waals surface area (Å²) >= 11 is 0. The van der Waals surface area contributed by atoms with E-state index in [-0.39, 0.29) is 5.78 Å². The third-order valence-electron chi connectivity index (χ3n) is 4.80. The van der Waals surface area contributed by atoms with Crippen molar-refractivity contribution in [2.24, 2.45) is 0 Å². The Kier molecular flexibility index (Phi) is 7.34. The predicted molar refractivity (Wildman–Crippen MR) is 106 cm³/mol. The molecule has 2 aromatic carbocycles. The van der Waals surface area contributed by atoms with Crippen molar-refractivity contribution in [2.75, 3.05) is 19.8 Å². The van der Waals surface area contributed by atoms with E-state index in [2.05, 4.69) is 0 Å². The first kappa shape index (κ1) is 20.2.